The van der Waals surface area contributed by atoms with Crippen molar-refractivity contribution in [1.82, 2.24) is 16.2 Å². The number of ether oxygens (including phenoxy) is 1. The van der Waals surface area contributed by atoms with Crippen molar-refractivity contribution in [2.75, 3.05) is 13.2 Å². The van der Waals surface area contributed by atoms with E-state index >= 15 is 0 Å². The molecule has 0 radical (unpaired) electrons. The quantitative estimate of drug-likeness (QED) is 0.346. The lowest BCUT2D eigenvalue weighted by molar-refractivity contribution is -0.121. The van der Waals surface area contributed by atoms with E-state index in [2.05, 4.69) is 23.1 Å². The van der Waals surface area contributed by atoms with Crippen molar-refractivity contribution in [1.29, 1.82) is 0 Å². The first-order chi connectivity index (χ1) is 10.2. The lowest BCUT2D eigenvalue weighted by Gasteiger charge is -2.14. The van der Waals surface area contributed by atoms with E-state index in [9.17, 15) is 4.79 Å². The van der Waals surface area contributed by atoms with Crippen molar-refractivity contribution in [3.05, 3.63) is 0 Å². The molecule has 21 heavy (non-hydrogen) atoms. The van der Waals surface area contributed by atoms with Crippen LogP contribution in [-0.2, 0) is 9.53 Å². The van der Waals surface area contributed by atoms with E-state index < -0.39 is 0 Å². The molecule has 1 heterocycles. The third-order valence-corrected chi connectivity index (χ3v) is 3.83. The fourth-order valence-electron chi connectivity index (χ4n) is 2.31. The molecule has 1 atom stereocenters. The van der Waals surface area contributed by atoms with Crippen LogP contribution in [0.2, 0.25) is 0 Å². The number of rotatable bonds is 9. The summed E-state index contributed by atoms with van der Waals surface area (Å²) in [7, 11) is 0. The van der Waals surface area contributed by atoms with E-state index in [4.69, 9.17) is 17.0 Å². The Bertz CT molecular complexity index is 307. The van der Waals surface area contributed by atoms with Crippen LogP contribution in [0.3, 0.4) is 0 Å². The van der Waals surface area contributed by atoms with Crippen molar-refractivity contribution in [2.24, 2.45) is 0 Å². The maximum absolute atomic E-state index is 11.6. The molecule has 3 N–H and O–H groups in total. The third-order valence-electron chi connectivity index (χ3n) is 3.59. The summed E-state index contributed by atoms with van der Waals surface area (Å²) in [5.41, 5.74) is 5.36. The van der Waals surface area contributed by atoms with Crippen LogP contribution >= 0.6 is 12.2 Å². The van der Waals surface area contributed by atoms with Crippen LogP contribution in [0, 0.1) is 0 Å². The fraction of sp³-hybridized carbons (Fsp3) is 0.867. The Kier molecular flexibility index (Phi) is 10.2. The first-order valence-corrected chi connectivity index (χ1v) is 8.57. The Hall–Kier alpha value is -0.880. The van der Waals surface area contributed by atoms with Gasteiger partial charge in [0.2, 0.25) is 5.91 Å². The van der Waals surface area contributed by atoms with Crippen molar-refractivity contribution >= 4 is 23.2 Å². The van der Waals surface area contributed by atoms with Gasteiger partial charge in [0.15, 0.2) is 5.11 Å². The predicted molar refractivity (Wildman–Crippen MR) is 88.8 cm³/mol. The number of carbonyl (C=O) groups excluding carboxylic acids is 1. The molecule has 1 aliphatic rings. The molecular weight excluding hydrogens is 286 g/mol. The molecule has 1 amide bonds. The van der Waals surface area contributed by atoms with Gasteiger partial charge in [0.25, 0.3) is 0 Å². The Morgan fingerprint density at radius 2 is 1.95 bits per heavy atom. The average molecular weight is 315 g/mol. The van der Waals surface area contributed by atoms with Crippen molar-refractivity contribution in [3.8, 4) is 0 Å². The highest BCUT2D eigenvalue weighted by Crippen LogP contribution is 2.10. The predicted octanol–water partition coefficient (Wildman–Crippen LogP) is 2.41. The summed E-state index contributed by atoms with van der Waals surface area (Å²) in [6.45, 7) is 3.73. The van der Waals surface area contributed by atoms with Crippen LogP contribution in [0.25, 0.3) is 0 Å². The second kappa shape index (κ2) is 11.7. The molecule has 1 rings (SSSR count). The molecule has 0 aliphatic carbocycles. The van der Waals surface area contributed by atoms with Crippen molar-refractivity contribution in [3.63, 3.8) is 0 Å². The summed E-state index contributed by atoms with van der Waals surface area (Å²) >= 11 is 5.10. The number of unbranched alkanes of at least 4 members (excludes halogenated alkanes) is 5. The van der Waals surface area contributed by atoms with Gasteiger partial charge in [-0.05, 0) is 31.5 Å². The smallest absolute Gasteiger partial charge is 0.238 e. The van der Waals surface area contributed by atoms with Gasteiger partial charge in [0.1, 0.15) is 0 Å². The lowest BCUT2D eigenvalue weighted by Crippen LogP contribution is -2.48. The molecule has 0 bridgehead atoms. The molecule has 0 aromatic carbocycles. The Morgan fingerprint density at radius 3 is 2.67 bits per heavy atom. The molecule has 1 aliphatic heterocycles. The minimum atomic E-state index is -0.00763. The molecule has 0 unspecified atom stereocenters. The van der Waals surface area contributed by atoms with Gasteiger partial charge in [0.05, 0.1) is 6.10 Å². The molecule has 0 saturated carbocycles. The zero-order valence-electron chi connectivity index (χ0n) is 13.1. The summed E-state index contributed by atoms with van der Waals surface area (Å²) in [5.74, 6) is -0.00763. The highest BCUT2D eigenvalue weighted by Gasteiger charge is 2.15. The van der Waals surface area contributed by atoms with Crippen LogP contribution in [0.4, 0.5) is 0 Å². The number of nitrogens with one attached hydrogen (secondary N) is 3. The van der Waals surface area contributed by atoms with Crippen LogP contribution in [0.15, 0.2) is 0 Å². The zero-order chi connectivity index (χ0) is 15.3. The Morgan fingerprint density at radius 1 is 1.19 bits per heavy atom. The van der Waals surface area contributed by atoms with Gasteiger partial charge < -0.3 is 10.1 Å². The maximum Gasteiger partial charge on any atom is 0.238 e. The van der Waals surface area contributed by atoms with Gasteiger partial charge >= 0.3 is 0 Å². The standard InChI is InChI=1S/C15H29N3O2S/c1-2-3-4-5-6-7-10-14(19)17-18-15(21)16-12-13-9-8-11-20-13/h13H,2-12H2,1H3,(H,17,19)(H2,16,18,21)/t13-/m1/s1. The highest BCUT2D eigenvalue weighted by molar-refractivity contribution is 7.80. The summed E-state index contributed by atoms with van der Waals surface area (Å²) in [4.78, 5) is 11.6. The average Bonchev–Trinajstić information content (AvgIpc) is 3.00. The zero-order valence-corrected chi connectivity index (χ0v) is 13.9. The summed E-state index contributed by atoms with van der Waals surface area (Å²) in [5, 5.41) is 3.50. The third kappa shape index (κ3) is 9.63. The van der Waals surface area contributed by atoms with Crippen LogP contribution < -0.4 is 16.2 Å². The number of carbonyl (C=O) groups is 1. The molecule has 6 heteroatoms. The Balaban J connectivity index is 1.92. The van der Waals surface area contributed by atoms with Gasteiger partial charge in [-0.1, -0.05) is 39.0 Å². The second-order valence-electron chi connectivity index (χ2n) is 5.54. The van der Waals surface area contributed by atoms with E-state index in [1.165, 1.54) is 25.7 Å². The molecule has 1 saturated heterocycles. The minimum Gasteiger partial charge on any atom is -0.376 e. The number of hydrogen-bond acceptors (Lipinski definition) is 3. The molecule has 1 fully saturated rings. The van der Waals surface area contributed by atoms with E-state index in [1.807, 2.05) is 0 Å². The summed E-state index contributed by atoms with van der Waals surface area (Å²) in [6.07, 6.45) is 10.1. The highest BCUT2D eigenvalue weighted by atomic mass is 32.1. The van der Waals surface area contributed by atoms with Gasteiger partial charge in [0, 0.05) is 19.6 Å². The fourth-order valence-corrected chi connectivity index (χ4v) is 2.45. The van der Waals surface area contributed by atoms with E-state index in [0.29, 0.717) is 18.1 Å². The van der Waals surface area contributed by atoms with Gasteiger partial charge in [-0.15, -0.1) is 0 Å². The summed E-state index contributed by atoms with van der Waals surface area (Å²) in [6, 6.07) is 0. The van der Waals surface area contributed by atoms with E-state index in [-0.39, 0.29) is 12.0 Å². The van der Waals surface area contributed by atoms with Gasteiger partial charge in [-0.2, -0.15) is 0 Å². The topological polar surface area (TPSA) is 62.4 Å². The molecule has 122 valence electrons. The molecule has 5 nitrogen and oxygen atoms in total. The first-order valence-electron chi connectivity index (χ1n) is 8.16. The number of hydrogen-bond donors (Lipinski definition) is 3. The van der Waals surface area contributed by atoms with Crippen LogP contribution in [0.1, 0.15) is 64.7 Å². The van der Waals surface area contributed by atoms with Crippen molar-refractivity contribution in [2.45, 2.75) is 70.8 Å². The second-order valence-corrected chi connectivity index (χ2v) is 5.94. The Labute approximate surface area is 133 Å². The van der Waals surface area contributed by atoms with Crippen LogP contribution in [0.5, 0.6) is 0 Å². The first kappa shape index (κ1) is 18.2. The summed E-state index contributed by atoms with van der Waals surface area (Å²) < 4.78 is 5.49. The minimum absolute atomic E-state index is 0.00763. The molecular formula is C15H29N3O2S. The van der Waals surface area contributed by atoms with Gasteiger partial charge in [-0.3, -0.25) is 15.6 Å². The van der Waals surface area contributed by atoms with Gasteiger partial charge in [-0.25, -0.2) is 0 Å². The monoisotopic (exact) mass is 315 g/mol. The number of amides is 1. The van der Waals surface area contributed by atoms with E-state index in [0.717, 1.165) is 32.3 Å². The van der Waals surface area contributed by atoms with Crippen molar-refractivity contribution < 1.29 is 9.53 Å². The SMILES string of the molecule is CCCCCCCCC(=O)NNC(=S)NC[C@H]1CCCO1. The normalized spacial score (nSPS) is 17.5. The largest absolute Gasteiger partial charge is 0.376 e. The van der Waals surface area contributed by atoms with Crippen LogP contribution in [-0.4, -0.2) is 30.3 Å². The molecule has 0 aromatic heterocycles. The number of hydrazine groups is 1. The van der Waals surface area contributed by atoms with E-state index in [1.54, 1.807) is 0 Å². The molecule has 0 aromatic rings. The number of thiocarbonyl (C=S) groups is 1. The molecule has 0 spiro atoms. The lowest BCUT2D eigenvalue weighted by atomic mass is 10.1. The maximum atomic E-state index is 11.6.